The van der Waals surface area contributed by atoms with Crippen molar-refractivity contribution in [2.75, 3.05) is 0 Å². The molecule has 8 bridgehead atoms. The summed E-state index contributed by atoms with van der Waals surface area (Å²) >= 11 is 7.51. The number of aromatic nitrogens is 8. The summed E-state index contributed by atoms with van der Waals surface area (Å²) in [5.41, 5.74) is 5.88. The Hall–Kier alpha value is -2.93. The molecule has 12 heteroatoms. The molecule has 2 N–H and O–H groups in total. The molecule has 44 heavy (non-hydrogen) atoms. The molecule has 2 aliphatic heterocycles. The number of halogens is 3. The Kier molecular flexibility index (Phi) is 7.64. The molecule has 0 atom stereocenters. The van der Waals surface area contributed by atoms with Crippen LogP contribution in [0.15, 0.2) is 97.1 Å². The number of rotatable bonds is 0. The molecule has 0 spiro atoms. The van der Waals surface area contributed by atoms with Gasteiger partial charge in [-0.05, 0) is 0 Å². The molecule has 0 amide bonds. The van der Waals surface area contributed by atoms with E-state index in [2.05, 4.69) is 69.0 Å². The minimum Gasteiger partial charge on any atom is -0.324 e. The van der Waals surface area contributed by atoms with Gasteiger partial charge in [0.25, 0.3) is 0 Å². The van der Waals surface area contributed by atoms with E-state index in [1.165, 1.54) is 0 Å². The van der Waals surface area contributed by atoms with E-state index in [1.807, 2.05) is 97.1 Å². The Morgan fingerprint density at radius 2 is 0.591 bits per heavy atom. The topological polar surface area (TPSA) is 109 Å². The number of fused-ring (bicyclic) bond motifs is 20. The molecule has 0 radical (unpaired) electrons. The molecule has 5 heterocycles. The summed E-state index contributed by atoms with van der Waals surface area (Å²) in [5, 5.41) is 3.82. The zero-order valence-electron chi connectivity index (χ0n) is 22.6. The standard InChI is InChI=1S/C32H18N8.Ga.3HI/c1-2-10-18-17(9-1)25-33-26(18)38-28-21-13-5-6-14-22(21)30(35-28)40-32-24-16-8-7-15-23(24)31(36-32)39-29-20-12-4-3-11-19(20)27(34-29)37-25;;;;/h1-16H,(H2,33,34,35,36,37,38,39,40);;3*1H/q;+3;;;/p-3. The monoisotopic (exact) mass is 964 g/mol. The molecule has 4 aromatic carbocycles. The van der Waals surface area contributed by atoms with E-state index in [4.69, 9.17) is 29.9 Å². The van der Waals surface area contributed by atoms with Crippen molar-refractivity contribution >= 4 is 109 Å². The summed E-state index contributed by atoms with van der Waals surface area (Å²) in [4.78, 5) is 36.8. The quantitative estimate of drug-likeness (QED) is 0.116. The first-order chi connectivity index (χ1) is 21.5. The third kappa shape index (κ3) is 5.13. The summed E-state index contributed by atoms with van der Waals surface area (Å²) in [6.45, 7) is 0. The Balaban J connectivity index is 0.000000684. The van der Waals surface area contributed by atoms with Crippen molar-refractivity contribution in [3.63, 3.8) is 0 Å². The van der Waals surface area contributed by atoms with Gasteiger partial charge in [-0.25, -0.2) is 29.9 Å². The van der Waals surface area contributed by atoms with Gasteiger partial charge in [-0.15, -0.1) is 0 Å². The molecule has 210 valence electrons. The summed E-state index contributed by atoms with van der Waals surface area (Å²) in [6, 6.07) is 32.2. The molecule has 7 aromatic rings. The van der Waals surface area contributed by atoms with E-state index in [-0.39, 0.29) is 0 Å². The fourth-order valence-electron chi connectivity index (χ4n) is 5.59. The molecule has 0 fully saturated rings. The van der Waals surface area contributed by atoms with E-state index in [0.717, 1.165) is 43.8 Å². The van der Waals surface area contributed by atoms with Crippen LogP contribution >= 0.6 is 59.0 Å². The third-order valence-electron chi connectivity index (χ3n) is 7.46. The first-order valence-electron chi connectivity index (χ1n) is 13.6. The largest absolute Gasteiger partial charge is 0.324 e. The van der Waals surface area contributed by atoms with Crippen LogP contribution < -0.4 is 0 Å². The van der Waals surface area contributed by atoms with Crippen molar-refractivity contribution in [2.24, 2.45) is 0 Å². The van der Waals surface area contributed by atoms with Gasteiger partial charge in [-0.2, -0.15) is 0 Å². The van der Waals surface area contributed by atoms with Gasteiger partial charge >= 0.3 is 64.6 Å². The van der Waals surface area contributed by atoms with E-state index < -0.39 is 5.58 Å². The van der Waals surface area contributed by atoms with E-state index in [0.29, 0.717) is 45.9 Å². The van der Waals surface area contributed by atoms with E-state index in [9.17, 15) is 0 Å². The minimum atomic E-state index is -0.569. The second-order valence-corrected chi connectivity index (χ2v) is 67.6. The fraction of sp³-hybridized carbons (Fsp3) is 0. The zero-order valence-corrected chi connectivity index (χ0v) is 31.5. The summed E-state index contributed by atoms with van der Waals surface area (Å²) in [7, 11) is 0. The van der Waals surface area contributed by atoms with Crippen molar-refractivity contribution in [2.45, 2.75) is 0 Å². The van der Waals surface area contributed by atoms with Crippen LogP contribution in [-0.4, -0.2) is 45.4 Å². The number of aromatic amines is 2. The molecule has 3 aromatic heterocycles. The molecular formula is C32H18GaI3N8. The van der Waals surface area contributed by atoms with Gasteiger partial charge in [0.05, 0.1) is 0 Å². The average Bonchev–Trinajstić information content (AvgIpc) is 3.76. The van der Waals surface area contributed by atoms with Crippen LogP contribution in [-0.2, 0) is 0 Å². The van der Waals surface area contributed by atoms with Gasteiger partial charge in [0.1, 0.15) is 22.6 Å². The first-order valence-corrected chi connectivity index (χ1v) is 35.8. The number of hydrogen-bond donors (Lipinski definition) is 2. The fourth-order valence-corrected chi connectivity index (χ4v) is 5.59. The Morgan fingerprint density at radius 1 is 0.364 bits per heavy atom. The van der Waals surface area contributed by atoms with E-state index in [1.54, 1.807) is 0 Å². The van der Waals surface area contributed by atoms with Crippen LogP contribution in [0.1, 0.15) is 0 Å². The van der Waals surface area contributed by atoms with Gasteiger partial charge in [-0.3, -0.25) is 0 Å². The van der Waals surface area contributed by atoms with Gasteiger partial charge < -0.3 is 9.97 Å². The predicted octanol–water partition coefficient (Wildman–Crippen LogP) is 9.15. The second kappa shape index (κ2) is 11.8. The van der Waals surface area contributed by atoms with Gasteiger partial charge in [-0.1, -0.05) is 97.1 Å². The van der Waals surface area contributed by atoms with Gasteiger partial charge in [0.15, 0.2) is 23.3 Å². The Labute approximate surface area is 288 Å². The molecule has 0 saturated heterocycles. The Morgan fingerprint density at radius 3 is 0.841 bits per heavy atom. The van der Waals surface area contributed by atoms with E-state index >= 15 is 0 Å². The number of benzene rings is 4. The Bertz CT molecular complexity index is 2100. The maximum absolute atomic E-state index is 5.02. The minimum absolute atomic E-state index is 0.569. The summed E-state index contributed by atoms with van der Waals surface area (Å²) < 4.78 is 0. The summed E-state index contributed by atoms with van der Waals surface area (Å²) in [6.07, 6.45) is 0. The molecule has 8 nitrogen and oxygen atoms in total. The maximum atomic E-state index is 5.02. The van der Waals surface area contributed by atoms with Crippen LogP contribution in [0.25, 0.3) is 89.7 Å². The van der Waals surface area contributed by atoms with Crippen LogP contribution in [0.4, 0.5) is 0 Å². The molecular weight excluding hydrogens is 947 g/mol. The molecule has 0 unspecified atom stereocenters. The molecule has 0 aliphatic carbocycles. The number of H-pyrrole nitrogens is 2. The second-order valence-electron chi connectivity index (χ2n) is 10.0. The molecule has 9 rings (SSSR count). The number of nitrogens with zero attached hydrogens (tertiary/aromatic N) is 6. The average molecular weight is 965 g/mol. The van der Waals surface area contributed by atoms with Crippen molar-refractivity contribution in [1.82, 2.24) is 39.9 Å². The van der Waals surface area contributed by atoms with Gasteiger partial charge in [0.2, 0.25) is 0 Å². The van der Waals surface area contributed by atoms with Crippen LogP contribution in [0.5, 0.6) is 0 Å². The van der Waals surface area contributed by atoms with Crippen LogP contribution in [0.2, 0.25) is 0 Å². The number of nitrogens with one attached hydrogen (secondary N) is 2. The molecule has 0 saturated carbocycles. The first kappa shape index (κ1) is 28.5. The number of hydrogen-bond acceptors (Lipinski definition) is 6. The third-order valence-corrected chi connectivity index (χ3v) is 7.46. The predicted molar refractivity (Wildman–Crippen MR) is 204 cm³/mol. The van der Waals surface area contributed by atoms with Crippen molar-refractivity contribution in [1.29, 1.82) is 0 Å². The van der Waals surface area contributed by atoms with Crippen molar-refractivity contribution in [3.8, 4) is 45.6 Å². The smallest absolute Gasteiger partial charge is 0.164 e. The maximum Gasteiger partial charge on any atom is 0.164 e. The van der Waals surface area contributed by atoms with Crippen LogP contribution in [0, 0.1) is 0 Å². The SMILES string of the molecule is [I][Ga]([I])[I].c1ccc2c(c1)-c1nc-2nc2[nH]c(nc3nc(nc4[nH]c(n1)c1ccccc41)-c1ccccc1-3)c1ccccc21. The van der Waals surface area contributed by atoms with Crippen molar-refractivity contribution in [3.05, 3.63) is 97.1 Å². The summed E-state index contributed by atoms with van der Waals surface area (Å²) in [5.74, 6) is 2.39. The van der Waals surface area contributed by atoms with Crippen molar-refractivity contribution < 1.29 is 0 Å². The zero-order chi connectivity index (χ0) is 29.8. The molecule has 2 aliphatic rings. The normalized spacial score (nSPS) is 11.5. The van der Waals surface area contributed by atoms with Gasteiger partial charge in [0, 0.05) is 43.8 Å². The van der Waals surface area contributed by atoms with Crippen LogP contribution in [0.3, 0.4) is 0 Å².